The number of hydrogen-bond donors (Lipinski definition) is 2. The first-order chi connectivity index (χ1) is 14.0. The first-order valence-corrected chi connectivity index (χ1v) is 10.1. The topological polar surface area (TPSA) is 78.5 Å². The molecule has 6 heteroatoms. The van der Waals surface area contributed by atoms with Crippen molar-refractivity contribution >= 4 is 29.1 Å². The quantitative estimate of drug-likeness (QED) is 0.818. The lowest BCUT2D eigenvalue weighted by atomic mass is 10.1. The fraction of sp³-hybridized carbons (Fsp3) is 0.348. The molecule has 29 heavy (non-hydrogen) atoms. The molecule has 2 aliphatic rings. The summed E-state index contributed by atoms with van der Waals surface area (Å²) in [6.07, 6.45) is 3.70. The van der Waals surface area contributed by atoms with Crippen molar-refractivity contribution in [2.24, 2.45) is 5.92 Å². The third-order valence-electron chi connectivity index (χ3n) is 5.49. The van der Waals surface area contributed by atoms with Gasteiger partial charge in [-0.15, -0.1) is 0 Å². The maximum absolute atomic E-state index is 13.2. The van der Waals surface area contributed by atoms with Crippen LogP contribution in [-0.4, -0.2) is 30.3 Å². The van der Waals surface area contributed by atoms with E-state index < -0.39 is 0 Å². The molecular formula is C23H25N3O3. The number of nitrogens with zero attached hydrogens (tertiary/aromatic N) is 1. The van der Waals surface area contributed by atoms with E-state index in [0.29, 0.717) is 29.0 Å². The predicted molar refractivity (Wildman–Crippen MR) is 112 cm³/mol. The molecule has 1 saturated carbocycles. The summed E-state index contributed by atoms with van der Waals surface area (Å²) in [6.45, 7) is 2.51. The van der Waals surface area contributed by atoms with E-state index in [9.17, 15) is 14.4 Å². The molecule has 1 unspecified atom stereocenters. The van der Waals surface area contributed by atoms with Crippen molar-refractivity contribution in [1.82, 2.24) is 5.32 Å². The largest absolute Gasteiger partial charge is 0.352 e. The zero-order valence-electron chi connectivity index (χ0n) is 16.5. The molecule has 1 fully saturated rings. The average Bonchev–Trinajstić information content (AvgIpc) is 3.54. The van der Waals surface area contributed by atoms with E-state index in [1.165, 1.54) is 12.8 Å². The zero-order chi connectivity index (χ0) is 20.4. The van der Waals surface area contributed by atoms with Gasteiger partial charge in [0.2, 0.25) is 5.91 Å². The van der Waals surface area contributed by atoms with Crippen LogP contribution in [0.1, 0.15) is 53.3 Å². The lowest BCUT2D eigenvalue weighted by Gasteiger charge is -2.28. The van der Waals surface area contributed by atoms with Crippen LogP contribution in [0.3, 0.4) is 0 Å². The fourth-order valence-corrected chi connectivity index (χ4v) is 3.71. The van der Waals surface area contributed by atoms with Gasteiger partial charge in [0.05, 0.1) is 11.4 Å². The monoisotopic (exact) mass is 391 g/mol. The van der Waals surface area contributed by atoms with Gasteiger partial charge in [-0.05, 0) is 49.6 Å². The SMILES string of the molecule is CC1CC(=O)Nc2cc(C(=O)NCCC3CC3)ccc2N1C(=O)c1ccccc1. The Hall–Kier alpha value is -3.15. The van der Waals surface area contributed by atoms with E-state index in [2.05, 4.69) is 10.6 Å². The minimum absolute atomic E-state index is 0.166. The fourth-order valence-electron chi connectivity index (χ4n) is 3.71. The van der Waals surface area contributed by atoms with Gasteiger partial charge in [-0.2, -0.15) is 0 Å². The zero-order valence-corrected chi connectivity index (χ0v) is 16.5. The van der Waals surface area contributed by atoms with Crippen LogP contribution in [0.25, 0.3) is 0 Å². The van der Waals surface area contributed by atoms with Crippen molar-refractivity contribution in [2.75, 3.05) is 16.8 Å². The third kappa shape index (κ3) is 4.31. The van der Waals surface area contributed by atoms with Gasteiger partial charge < -0.3 is 15.5 Å². The second-order valence-electron chi connectivity index (χ2n) is 7.86. The highest BCUT2D eigenvalue weighted by Gasteiger charge is 2.31. The van der Waals surface area contributed by atoms with Crippen molar-refractivity contribution < 1.29 is 14.4 Å². The van der Waals surface area contributed by atoms with Crippen molar-refractivity contribution in [3.05, 3.63) is 59.7 Å². The normalized spacial score (nSPS) is 18.4. The summed E-state index contributed by atoms with van der Waals surface area (Å²) in [5, 5.41) is 5.80. The summed E-state index contributed by atoms with van der Waals surface area (Å²) < 4.78 is 0. The van der Waals surface area contributed by atoms with Gasteiger partial charge in [0, 0.05) is 30.1 Å². The molecule has 0 aromatic heterocycles. The van der Waals surface area contributed by atoms with Crippen molar-refractivity contribution in [3.8, 4) is 0 Å². The lowest BCUT2D eigenvalue weighted by molar-refractivity contribution is -0.116. The van der Waals surface area contributed by atoms with Crippen molar-refractivity contribution in [3.63, 3.8) is 0 Å². The Kier molecular flexibility index (Phi) is 5.34. The Balaban J connectivity index is 1.61. The van der Waals surface area contributed by atoms with E-state index >= 15 is 0 Å². The Morgan fingerprint density at radius 3 is 2.59 bits per heavy atom. The van der Waals surface area contributed by atoms with E-state index in [1.807, 2.05) is 25.1 Å². The Morgan fingerprint density at radius 1 is 1.10 bits per heavy atom. The standard InChI is InChI=1S/C23H25N3O3/c1-15-13-21(27)25-19-14-18(22(28)24-12-11-16-7-8-16)9-10-20(19)26(15)23(29)17-5-3-2-4-6-17/h2-6,9-10,14-16H,7-8,11-13H2,1H3,(H,24,28)(H,25,27). The number of carbonyl (C=O) groups is 3. The number of hydrogen-bond acceptors (Lipinski definition) is 3. The van der Waals surface area contributed by atoms with Crippen LogP contribution in [0.4, 0.5) is 11.4 Å². The molecule has 2 aromatic carbocycles. The first-order valence-electron chi connectivity index (χ1n) is 10.1. The van der Waals surface area contributed by atoms with Crippen LogP contribution in [0.15, 0.2) is 48.5 Å². The number of benzene rings is 2. The molecule has 0 radical (unpaired) electrons. The van der Waals surface area contributed by atoms with Crippen LogP contribution in [0, 0.1) is 5.92 Å². The molecule has 1 heterocycles. The second kappa shape index (κ2) is 8.07. The first kappa shape index (κ1) is 19.2. The summed E-state index contributed by atoms with van der Waals surface area (Å²) >= 11 is 0. The molecule has 2 N–H and O–H groups in total. The van der Waals surface area contributed by atoms with Gasteiger partial charge in [0.15, 0.2) is 0 Å². The van der Waals surface area contributed by atoms with Crippen LogP contribution < -0.4 is 15.5 Å². The molecule has 2 aromatic rings. The van der Waals surface area contributed by atoms with E-state index in [0.717, 1.165) is 12.3 Å². The minimum atomic E-state index is -0.304. The van der Waals surface area contributed by atoms with Gasteiger partial charge >= 0.3 is 0 Å². The van der Waals surface area contributed by atoms with Crippen molar-refractivity contribution in [2.45, 2.75) is 38.6 Å². The molecule has 150 valence electrons. The van der Waals surface area contributed by atoms with Gasteiger partial charge in [0.25, 0.3) is 11.8 Å². The van der Waals surface area contributed by atoms with Crippen LogP contribution in [0.2, 0.25) is 0 Å². The molecule has 3 amide bonds. The number of fused-ring (bicyclic) bond motifs is 1. The molecule has 4 rings (SSSR count). The van der Waals surface area contributed by atoms with Crippen LogP contribution in [-0.2, 0) is 4.79 Å². The third-order valence-corrected chi connectivity index (χ3v) is 5.49. The highest BCUT2D eigenvalue weighted by atomic mass is 16.2. The maximum atomic E-state index is 13.2. The Labute approximate surface area is 170 Å². The molecule has 0 spiro atoms. The maximum Gasteiger partial charge on any atom is 0.258 e. The summed E-state index contributed by atoms with van der Waals surface area (Å²) in [7, 11) is 0. The van der Waals surface area contributed by atoms with Crippen molar-refractivity contribution in [1.29, 1.82) is 0 Å². The van der Waals surface area contributed by atoms with Gasteiger partial charge in [-0.25, -0.2) is 0 Å². The van der Waals surface area contributed by atoms with E-state index in [1.54, 1.807) is 35.2 Å². The Morgan fingerprint density at radius 2 is 1.86 bits per heavy atom. The molecule has 0 bridgehead atoms. The highest BCUT2D eigenvalue weighted by molar-refractivity contribution is 6.11. The molecule has 1 aliphatic heterocycles. The van der Waals surface area contributed by atoms with Gasteiger partial charge in [0.1, 0.15) is 0 Å². The smallest absolute Gasteiger partial charge is 0.258 e. The number of anilines is 2. The van der Waals surface area contributed by atoms with Crippen LogP contribution in [0.5, 0.6) is 0 Å². The number of nitrogens with one attached hydrogen (secondary N) is 2. The number of rotatable bonds is 5. The summed E-state index contributed by atoms with van der Waals surface area (Å²) in [4.78, 5) is 39.6. The van der Waals surface area contributed by atoms with E-state index in [-0.39, 0.29) is 30.2 Å². The molecular weight excluding hydrogens is 366 g/mol. The molecule has 1 atom stereocenters. The number of carbonyl (C=O) groups excluding carboxylic acids is 3. The van der Waals surface area contributed by atoms with E-state index in [4.69, 9.17) is 0 Å². The minimum Gasteiger partial charge on any atom is -0.352 e. The molecule has 0 saturated heterocycles. The van der Waals surface area contributed by atoms with Gasteiger partial charge in [-0.3, -0.25) is 14.4 Å². The highest BCUT2D eigenvalue weighted by Crippen LogP contribution is 2.34. The number of amides is 3. The Bertz CT molecular complexity index is 938. The summed E-state index contributed by atoms with van der Waals surface area (Å²) in [5.74, 6) is 0.243. The summed E-state index contributed by atoms with van der Waals surface area (Å²) in [5.41, 5.74) is 2.12. The summed E-state index contributed by atoms with van der Waals surface area (Å²) in [6, 6.07) is 13.8. The average molecular weight is 391 g/mol. The van der Waals surface area contributed by atoms with Crippen LogP contribution >= 0.6 is 0 Å². The molecule has 1 aliphatic carbocycles. The van der Waals surface area contributed by atoms with Gasteiger partial charge in [-0.1, -0.05) is 31.0 Å². The molecule has 6 nitrogen and oxygen atoms in total. The predicted octanol–water partition coefficient (Wildman–Crippen LogP) is 3.59. The lowest BCUT2D eigenvalue weighted by Crippen LogP contribution is -2.39. The second-order valence-corrected chi connectivity index (χ2v) is 7.86.